The van der Waals surface area contributed by atoms with Gasteiger partial charge in [0, 0.05) is 31.2 Å². The fraction of sp³-hybridized carbons (Fsp3) is 0.440. The van der Waals surface area contributed by atoms with Gasteiger partial charge in [-0.1, -0.05) is 49.6 Å². The molecule has 2 aromatic rings. The molecule has 2 N–H and O–H groups in total. The maximum absolute atomic E-state index is 12.7. The van der Waals surface area contributed by atoms with Crippen molar-refractivity contribution in [2.45, 2.75) is 55.9 Å². The number of nitrogens with zero attached hydrogens (tertiary/aromatic N) is 1. The van der Waals surface area contributed by atoms with Crippen LogP contribution in [0.1, 0.15) is 44.1 Å². The molecule has 33 heavy (non-hydrogen) atoms. The standard InChI is InChI=1S/C25H31N3O4S/c29-24-17-20(18-28(24)22-9-5-2-6-10-22)25(30)27-21-11-13-23(14-12-21)33(31,32)26-16-15-19-7-3-1-4-8-19/h1,3-4,7-8,11-14,20,22,26H,2,5-6,9-10,15-18H2,(H,27,30). The highest BCUT2D eigenvalue weighted by Gasteiger charge is 2.38. The zero-order valence-electron chi connectivity index (χ0n) is 18.7. The fourth-order valence-electron chi connectivity index (χ4n) is 4.67. The van der Waals surface area contributed by atoms with Crippen molar-refractivity contribution >= 4 is 27.5 Å². The van der Waals surface area contributed by atoms with E-state index in [1.807, 2.05) is 35.2 Å². The first-order valence-corrected chi connectivity index (χ1v) is 13.1. The molecule has 8 heteroatoms. The predicted octanol–water partition coefficient (Wildman–Crippen LogP) is 3.33. The highest BCUT2D eigenvalue weighted by atomic mass is 32.2. The van der Waals surface area contributed by atoms with Gasteiger partial charge in [0.05, 0.1) is 10.8 Å². The lowest BCUT2D eigenvalue weighted by Crippen LogP contribution is -2.38. The Balaban J connectivity index is 1.29. The second-order valence-corrected chi connectivity index (χ2v) is 10.7. The molecule has 1 saturated carbocycles. The minimum atomic E-state index is -3.63. The maximum Gasteiger partial charge on any atom is 0.240 e. The summed E-state index contributed by atoms with van der Waals surface area (Å²) in [5.74, 6) is -0.509. The number of nitrogens with one attached hydrogen (secondary N) is 2. The van der Waals surface area contributed by atoms with Crippen LogP contribution in [-0.4, -0.2) is 44.3 Å². The van der Waals surface area contributed by atoms with E-state index >= 15 is 0 Å². The molecule has 1 aliphatic carbocycles. The normalized spacial score (nSPS) is 19.6. The third-order valence-corrected chi connectivity index (χ3v) is 8.00. The minimum absolute atomic E-state index is 0.0602. The summed E-state index contributed by atoms with van der Waals surface area (Å²) in [6.07, 6.45) is 6.39. The lowest BCUT2D eigenvalue weighted by molar-refractivity contribution is -0.130. The van der Waals surface area contributed by atoms with Gasteiger partial charge in [-0.3, -0.25) is 9.59 Å². The van der Waals surface area contributed by atoms with Gasteiger partial charge in [0.25, 0.3) is 0 Å². The van der Waals surface area contributed by atoms with E-state index < -0.39 is 10.0 Å². The Bertz CT molecular complexity index is 1060. The predicted molar refractivity (Wildman–Crippen MR) is 127 cm³/mol. The minimum Gasteiger partial charge on any atom is -0.339 e. The molecule has 0 aromatic heterocycles. The highest BCUT2D eigenvalue weighted by Crippen LogP contribution is 2.29. The van der Waals surface area contributed by atoms with E-state index in [-0.39, 0.29) is 35.1 Å². The van der Waals surface area contributed by atoms with E-state index in [0.717, 1.165) is 31.2 Å². The number of amides is 2. The number of likely N-dealkylation sites (tertiary alicyclic amines) is 1. The van der Waals surface area contributed by atoms with Gasteiger partial charge < -0.3 is 10.2 Å². The van der Waals surface area contributed by atoms with E-state index in [2.05, 4.69) is 10.0 Å². The molecule has 2 amide bonds. The van der Waals surface area contributed by atoms with Crippen molar-refractivity contribution in [1.29, 1.82) is 0 Å². The number of anilines is 1. The monoisotopic (exact) mass is 469 g/mol. The van der Waals surface area contributed by atoms with Crippen molar-refractivity contribution in [3.05, 3.63) is 60.2 Å². The lowest BCUT2D eigenvalue weighted by atomic mass is 9.94. The molecule has 0 bridgehead atoms. The van der Waals surface area contributed by atoms with Crippen molar-refractivity contribution in [3.8, 4) is 0 Å². The summed E-state index contributed by atoms with van der Waals surface area (Å²) in [4.78, 5) is 27.2. The van der Waals surface area contributed by atoms with Crippen molar-refractivity contribution in [2.75, 3.05) is 18.4 Å². The van der Waals surface area contributed by atoms with Crippen molar-refractivity contribution in [1.82, 2.24) is 9.62 Å². The summed E-state index contributed by atoms with van der Waals surface area (Å²) < 4.78 is 27.7. The Kier molecular flexibility index (Phi) is 7.45. The summed E-state index contributed by atoms with van der Waals surface area (Å²) in [6.45, 7) is 0.769. The number of sulfonamides is 1. The van der Waals surface area contributed by atoms with Crippen LogP contribution in [0, 0.1) is 5.92 Å². The van der Waals surface area contributed by atoms with Gasteiger partial charge in [-0.25, -0.2) is 13.1 Å². The van der Waals surface area contributed by atoms with Gasteiger partial charge in [-0.2, -0.15) is 0 Å². The van der Waals surface area contributed by atoms with Gasteiger partial charge in [0.15, 0.2) is 0 Å². The largest absolute Gasteiger partial charge is 0.339 e. The second-order valence-electron chi connectivity index (χ2n) is 8.89. The third kappa shape index (κ3) is 6.00. The number of rotatable bonds is 8. The van der Waals surface area contributed by atoms with E-state index in [0.29, 0.717) is 25.2 Å². The van der Waals surface area contributed by atoms with Crippen molar-refractivity contribution < 1.29 is 18.0 Å². The van der Waals surface area contributed by atoms with Crippen LogP contribution in [0.5, 0.6) is 0 Å². The van der Waals surface area contributed by atoms with Crippen LogP contribution in [0.25, 0.3) is 0 Å². The molecule has 7 nitrogen and oxygen atoms in total. The quantitative estimate of drug-likeness (QED) is 0.620. The first-order chi connectivity index (χ1) is 15.9. The van der Waals surface area contributed by atoms with Crippen molar-refractivity contribution in [2.24, 2.45) is 5.92 Å². The second kappa shape index (κ2) is 10.5. The Hall–Kier alpha value is -2.71. The molecule has 2 aliphatic rings. The van der Waals surface area contributed by atoms with Crippen LogP contribution >= 0.6 is 0 Å². The highest BCUT2D eigenvalue weighted by molar-refractivity contribution is 7.89. The SMILES string of the molecule is O=C(Nc1ccc(S(=O)(=O)NCCc2ccccc2)cc1)C1CC(=O)N(C2CCCCC2)C1. The van der Waals surface area contributed by atoms with Crippen LogP contribution in [0.3, 0.4) is 0 Å². The number of carbonyl (C=O) groups excluding carboxylic acids is 2. The Morgan fingerprint density at radius 3 is 2.36 bits per heavy atom. The van der Waals surface area contributed by atoms with Gasteiger partial charge in [0.2, 0.25) is 21.8 Å². The molecule has 1 atom stereocenters. The molecule has 1 aliphatic heterocycles. The Morgan fingerprint density at radius 2 is 1.67 bits per heavy atom. The molecular formula is C25H31N3O4S. The molecule has 1 saturated heterocycles. The molecule has 176 valence electrons. The smallest absolute Gasteiger partial charge is 0.240 e. The Morgan fingerprint density at radius 1 is 0.970 bits per heavy atom. The first-order valence-electron chi connectivity index (χ1n) is 11.7. The van der Waals surface area contributed by atoms with Crippen LogP contribution in [0.2, 0.25) is 0 Å². The molecule has 2 fully saturated rings. The zero-order valence-corrected chi connectivity index (χ0v) is 19.5. The molecule has 1 unspecified atom stereocenters. The topological polar surface area (TPSA) is 95.6 Å². The molecule has 0 radical (unpaired) electrons. The third-order valence-electron chi connectivity index (χ3n) is 6.53. The van der Waals surface area contributed by atoms with Crippen molar-refractivity contribution in [3.63, 3.8) is 0 Å². The van der Waals surface area contributed by atoms with E-state index in [4.69, 9.17) is 0 Å². The van der Waals surface area contributed by atoms with E-state index in [9.17, 15) is 18.0 Å². The van der Waals surface area contributed by atoms with Crippen LogP contribution in [0.15, 0.2) is 59.5 Å². The average Bonchev–Trinajstić information content (AvgIpc) is 3.22. The first kappa shape index (κ1) is 23.4. The zero-order chi connectivity index (χ0) is 23.3. The summed E-state index contributed by atoms with van der Waals surface area (Å²) in [7, 11) is -3.63. The number of benzene rings is 2. The summed E-state index contributed by atoms with van der Waals surface area (Å²) >= 11 is 0. The van der Waals surface area contributed by atoms with Gasteiger partial charge in [-0.05, 0) is 49.1 Å². The maximum atomic E-state index is 12.7. The van der Waals surface area contributed by atoms with Gasteiger partial charge >= 0.3 is 0 Å². The summed E-state index contributed by atoms with van der Waals surface area (Å²) in [5, 5.41) is 2.84. The van der Waals surface area contributed by atoms with Gasteiger partial charge in [-0.15, -0.1) is 0 Å². The van der Waals surface area contributed by atoms with Crippen LogP contribution < -0.4 is 10.0 Å². The van der Waals surface area contributed by atoms with Crippen LogP contribution in [0.4, 0.5) is 5.69 Å². The average molecular weight is 470 g/mol. The van der Waals surface area contributed by atoms with E-state index in [1.165, 1.54) is 18.6 Å². The fourth-order valence-corrected chi connectivity index (χ4v) is 5.70. The number of carbonyl (C=O) groups is 2. The van der Waals surface area contributed by atoms with Crippen LogP contribution in [-0.2, 0) is 26.0 Å². The molecule has 1 heterocycles. The molecule has 0 spiro atoms. The summed E-state index contributed by atoms with van der Waals surface area (Å²) in [6, 6.07) is 16.1. The Labute approximate surface area is 195 Å². The lowest BCUT2D eigenvalue weighted by Gasteiger charge is -2.31. The molecule has 2 aromatic carbocycles. The van der Waals surface area contributed by atoms with Gasteiger partial charge in [0.1, 0.15) is 0 Å². The summed E-state index contributed by atoms with van der Waals surface area (Å²) in [5.41, 5.74) is 1.58. The molecular weight excluding hydrogens is 438 g/mol. The molecule has 4 rings (SSSR count). The number of hydrogen-bond acceptors (Lipinski definition) is 4. The van der Waals surface area contributed by atoms with E-state index in [1.54, 1.807) is 12.1 Å². The number of hydrogen-bond donors (Lipinski definition) is 2.